The van der Waals surface area contributed by atoms with Gasteiger partial charge < -0.3 is 13.8 Å². The lowest BCUT2D eigenvalue weighted by Crippen LogP contribution is -2.13. The van der Waals surface area contributed by atoms with E-state index in [4.69, 9.17) is 9.26 Å². The van der Waals surface area contributed by atoms with E-state index in [1.165, 1.54) is 11.3 Å². The zero-order chi connectivity index (χ0) is 18.8. The molecule has 8 heteroatoms. The molecular formula is C19H16N4O3S. The highest BCUT2D eigenvalue weighted by Gasteiger charge is 2.08. The van der Waals surface area contributed by atoms with Crippen molar-refractivity contribution in [2.24, 2.45) is 12.0 Å². The minimum atomic E-state index is -0.294. The molecule has 27 heavy (non-hydrogen) atoms. The van der Waals surface area contributed by atoms with Crippen molar-refractivity contribution in [3.63, 3.8) is 0 Å². The molecule has 0 N–H and O–H groups in total. The Hall–Kier alpha value is -3.26. The van der Waals surface area contributed by atoms with Crippen molar-refractivity contribution in [2.75, 3.05) is 0 Å². The Morgan fingerprint density at radius 2 is 2.00 bits per heavy atom. The number of hydrogen-bond acceptors (Lipinski definition) is 6. The van der Waals surface area contributed by atoms with E-state index in [-0.39, 0.29) is 12.5 Å². The fourth-order valence-electron chi connectivity index (χ4n) is 2.58. The number of carbonyl (C=O) groups excluding carboxylic acids is 1. The Morgan fingerprint density at radius 1 is 1.22 bits per heavy atom. The Bertz CT molecular complexity index is 1170. The summed E-state index contributed by atoms with van der Waals surface area (Å²) in [5, 5.41) is 3.77. The number of thiazole rings is 1. The molecule has 2 aromatic carbocycles. The summed E-state index contributed by atoms with van der Waals surface area (Å²) in [6.07, 6.45) is 0. The summed E-state index contributed by atoms with van der Waals surface area (Å²) in [4.78, 5) is 21.5. The number of nitrogens with zero attached hydrogens (tertiary/aromatic N) is 4. The van der Waals surface area contributed by atoms with E-state index >= 15 is 0 Å². The van der Waals surface area contributed by atoms with Gasteiger partial charge in [-0.15, -0.1) is 0 Å². The van der Waals surface area contributed by atoms with Crippen LogP contribution in [0.15, 0.2) is 58.0 Å². The smallest absolute Gasteiger partial charge is 0.279 e. The number of carbonyl (C=O) groups is 1. The largest absolute Gasteiger partial charge is 0.485 e. The number of hydrogen-bond donors (Lipinski definition) is 0. The highest BCUT2D eigenvalue weighted by Crippen LogP contribution is 2.17. The first-order valence-corrected chi connectivity index (χ1v) is 9.07. The number of aromatic nitrogens is 3. The quantitative estimate of drug-likeness (QED) is 0.543. The van der Waals surface area contributed by atoms with Gasteiger partial charge in [-0.3, -0.25) is 4.79 Å². The molecule has 0 atom stereocenters. The van der Waals surface area contributed by atoms with Crippen LogP contribution in [0.2, 0.25) is 0 Å². The molecule has 4 rings (SSSR count). The molecule has 136 valence electrons. The predicted octanol–water partition coefficient (Wildman–Crippen LogP) is 3.25. The van der Waals surface area contributed by atoms with E-state index in [2.05, 4.69) is 15.1 Å². The lowest BCUT2D eigenvalue weighted by atomic mass is 10.2. The van der Waals surface area contributed by atoms with E-state index < -0.39 is 0 Å². The first kappa shape index (κ1) is 17.2. The van der Waals surface area contributed by atoms with Crippen molar-refractivity contribution in [2.45, 2.75) is 13.5 Å². The van der Waals surface area contributed by atoms with Crippen molar-refractivity contribution in [3.05, 3.63) is 70.6 Å². The Kier molecular flexibility index (Phi) is 4.55. The number of benzene rings is 2. The van der Waals surface area contributed by atoms with Crippen LogP contribution in [0.3, 0.4) is 0 Å². The van der Waals surface area contributed by atoms with E-state index in [9.17, 15) is 4.79 Å². The average molecular weight is 380 g/mol. The van der Waals surface area contributed by atoms with Crippen LogP contribution >= 0.6 is 11.3 Å². The molecule has 0 aliphatic carbocycles. The highest BCUT2D eigenvalue weighted by molar-refractivity contribution is 7.16. The second kappa shape index (κ2) is 7.16. The third-order valence-electron chi connectivity index (χ3n) is 3.95. The lowest BCUT2D eigenvalue weighted by molar-refractivity contribution is 0.0998. The molecule has 0 aliphatic rings. The van der Waals surface area contributed by atoms with Crippen molar-refractivity contribution < 1.29 is 14.1 Å². The molecule has 0 unspecified atom stereocenters. The maximum absolute atomic E-state index is 12.5. The van der Waals surface area contributed by atoms with Crippen LogP contribution in [-0.4, -0.2) is 20.6 Å². The van der Waals surface area contributed by atoms with Crippen LogP contribution in [0, 0.1) is 6.92 Å². The van der Waals surface area contributed by atoms with Crippen molar-refractivity contribution in [1.82, 2.24) is 14.7 Å². The van der Waals surface area contributed by atoms with Crippen LogP contribution in [-0.2, 0) is 13.7 Å². The van der Waals surface area contributed by atoms with Crippen molar-refractivity contribution in [3.8, 4) is 5.75 Å². The van der Waals surface area contributed by atoms with E-state index in [1.807, 2.05) is 35.9 Å². The maximum Gasteiger partial charge on any atom is 0.279 e. The molecule has 4 aromatic rings. The van der Waals surface area contributed by atoms with Crippen molar-refractivity contribution >= 4 is 27.5 Å². The molecule has 0 aliphatic heterocycles. The van der Waals surface area contributed by atoms with Gasteiger partial charge in [-0.1, -0.05) is 28.6 Å². The zero-order valence-corrected chi connectivity index (χ0v) is 15.6. The standard InChI is InChI=1S/C19H16N4O3S/c1-12-20-17(22-26-12)11-25-14-9-7-13(8-10-14)18(24)21-19-23(2)15-5-3-4-6-16(15)27-19/h3-10H,11H2,1-2H3. The molecule has 0 fully saturated rings. The maximum atomic E-state index is 12.5. The Morgan fingerprint density at radius 3 is 2.70 bits per heavy atom. The van der Waals surface area contributed by atoms with Crippen LogP contribution in [0.5, 0.6) is 5.75 Å². The summed E-state index contributed by atoms with van der Waals surface area (Å²) < 4.78 is 13.5. The molecule has 0 saturated heterocycles. The topological polar surface area (TPSA) is 82.5 Å². The minimum absolute atomic E-state index is 0.201. The molecule has 0 spiro atoms. The van der Waals surface area contributed by atoms with Crippen molar-refractivity contribution in [1.29, 1.82) is 0 Å². The highest BCUT2D eigenvalue weighted by atomic mass is 32.1. The van der Waals surface area contributed by atoms with Gasteiger partial charge in [0.25, 0.3) is 5.91 Å². The normalized spacial score (nSPS) is 11.9. The van der Waals surface area contributed by atoms with Crippen LogP contribution in [0.4, 0.5) is 0 Å². The Labute approximate surface area is 158 Å². The van der Waals surface area contributed by atoms with Gasteiger partial charge >= 0.3 is 0 Å². The van der Waals surface area contributed by atoms with Gasteiger partial charge in [-0.05, 0) is 36.4 Å². The molecule has 1 amide bonds. The Balaban J connectivity index is 1.51. The van der Waals surface area contributed by atoms with E-state index in [0.717, 1.165) is 10.2 Å². The number of para-hydroxylation sites is 1. The summed E-state index contributed by atoms with van der Waals surface area (Å²) in [6, 6.07) is 14.8. The predicted molar refractivity (Wildman–Crippen MR) is 100 cm³/mol. The second-order valence-electron chi connectivity index (χ2n) is 5.87. The lowest BCUT2D eigenvalue weighted by Gasteiger charge is -2.03. The van der Waals surface area contributed by atoms with Gasteiger partial charge in [0, 0.05) is 19.5 Å². The van der Waals surface area contributed by atoms with Crippen LogP contribution < -0.4 is 9.54 Å². The summed E-state index contributed by atoms with van der Waals surface area (Å²) in [7, 11) is 1.90. The van der Waals surface area contributed by atoms with Gasteiger partial charge in [0.2, 0.25) is 11.7 Å². The second-order valence-corrected chi connectivity index (χ2v) is 6.88. The molecule has 2 heterocycles. The summed E-state index contributed by atoms with van der Waals surface area (Å²) in [5.41, 5.74) is 1.55. The fourth-order valence-corrected chi connectivity index (χ4v) is 3.60. The summed E-state index contributed by atoms with van der Waals surface area (Å²) in [6.45, 7) is 1.92. The van der Waals surface area contributed by atoms with E-state index in [0.29, 0.717) is 27.8 Å². The summed E-state index contributed by atoms with van der Waals surface area (Å²) >= 11 is 1.49. The fraction of sp³-hybridized carbons (Fsp3) is 0.158. The number of fused-ring (bicyclic) bond motifs is 1. The van der Waals surface area contributed by atoms with Gasteiger partial charge in [-0.25, -0.2) is 0 Å². The first-order chi connectivity index (χ1) is 13.1. The molecule has 2 aromatic heterocycles. The van der Waals surface area contributed by atoms with Crippen LogP contribution in [0.1, 0.15) is 22.1 Å². The number of ether oxygens (including phenoxy) is 1. The average Bonchev–Trinajstić information content (AvgIpc) is 3.24. The number of aryl methyl sites for hydroxylation is 2. The van der Waals surface area contributed by atoms with Gasteiger partial charge in [-0.2, -0.15) is 9.98 Å². The van der Waals surface area contributed by atoms with E-state index in [1.54, 1.807) is 31.2 Å². The third kappa shape index (κ3) is 3.65. The third-order valence-corrected chi connectivity index (χ3v) is 5.06. The first-order valence-electron chi connectivity index (χ1n) is 8.26. The minimum Gasteiger partial charge on any atom is -0.485 e. The monoisotopic (exact) mass is 380 g/mol. The van der Waals surface area contributed by atoms with Gasteiger partial charge in [0.1, 0.15) is 5.75 Å². The molecule has 0 saturated carbocycles. The molecule has 0 bridgehead atoms. The van der Waals surface area contributed by atoms with Crippen LogP contribution in [0.25, 0.3) is 10.2 Å². The number of rotatable bonds is 4. The molecule has 7 nitrogen and oxygen atoms in total. The molecule has 0 radical (unpaired) electrons. The SMILES string of the molecule is Cc1nc(COc2ccc(C(=O)N=c3sc4ccccc4n3C)cc2)no1. The number of amides is 1. The van der Waals surface area contributed by atoms with Gasteiger partial charge in [0.05, 0.1) is 10.2 Å². The summed E-state index contributed by atoms with van der Waals surface area (Å²) in [5.74, 6) is 1.28. The zero-order valence-electron chi connectivity index (χ0n) is 14.7. The van der Waals surface area contributed by atoms with Gasteiger partial charge in [0.15, 0.2) is 11.4 Å². The molecular weight excluding hydrogens is 364 g/mol.